The number of nitrogens with one attached hydrogen (secondary N) is 1. The summed E-state index contributed by atoms with van der Waals surface area (Å²) in [5.74, 6) is 0.665. The van der Waals surface area contributed by atoms with E-state index in [0.29, 0.717) is 11.4 Å². The second kappa shape index (κ2) is 6.13. The van der Waals surface area contributed by atoms with E-state index in [4.69, 9.17) is 4.74 Å². The highest BCUT2D eigenvalue weighted by atomic mass is 16.5. The number of methoxy groups -OCH3 is 1. The third kappa shape index (κ3) is 3.37. The van der Waals surface area contributed by atoms with Crippen molar-refractivity contribution < 1.29 is 9.53 Å². The summed E-state index contributed by atoms with van der Waals surface area (Å²) in [4.78, 5) is 13.6. The first kappa shape index (κ1) is 13.4. The lowest BCUT2D eigenvalue weighted by atomic mass is 10.2. The number of nitrogens with zero attached hydrogens (tertiary/aromatic N) is 1. The van der Waals surface area contributed by atoms with Gasteiger partial charge in [0.1, 0.15) is 5.75 Å². The summed E-state index contributed by atoms with van der Waals surface area (Å²) in [6, 6.07) is 7.46. The Morgan fingerprint density at radius 2 is 2.12 bits per heavy atom. The molecular formula is C13H20N2O2. The van der Waals surface area contributed by atoms with Crippen molar-refractivity contribution in [1.29, 1.82) is 0 Å². The summed E-state index contributed by atoms with van der Waals surface area (Å²) in [6.07, 6.45) is 0.926. The molecule has 1 rings (SSSR count). The molecular weight excluding hydrogens is 216 g/mol. The topological polar surface area (TPSA) is 41.6 Å². The van der Waals surface area contributed by atoms with Gasteiger partial charge < -0.3 is 15.0 Å². The average molecular weight is 236 g/mol. The molecule has 0 bridgehead atoms. The molecule has 0 aliphatic heterocycles. The van der Waals surface area contributed by atoms with E-state index in [9.17, 15) is 4.79 Å². The van der Waals surface area contributed by atoms with Crippen molar-refractivity contribution in [1.82, 2.24) is 4.90 Å². The number of hydrogen-bond acceptors (Lipinski definition) is 2. The first-order valence-electron chi connectivity index (χ1n) is 5.77. The van der Waals surface area contributed by atoms with Crippen molar-refractivity contribution in [2.45, 2.75) is 26.3 Å². The number of para-hydroxylation sites is 2. The third-order valence-corrected chi connectivity index (χ3v) is 2.92. The van der Waals surface area contributed by atoms with Gasteiger partial charge in [0.2, 0.25) is 0 Å². The fourth-order valence-electron chi connectivity index (χ4n) is 1.43. The number of benzene rings is 1. The van der Waals surface area contributed by atoms with E-state index in [1.165, 1.54) is 0 Å². The van der Waals surface area contributed by atoms with E-state index >= 15 is 0 Å². The maximum atomic E-state index is 11.9. The lowest BCUT2D eigenvalue weighted by Gasteiger charge is -2.24. The number of hydrogen-bond donors (Lipinski definition) is 1. The quantitative estimate of drug-likeness (QED) is 0.873. The molecule has 0 aliphatic carbocycles. The molecule has 0 fully saturated rings. The first-order chi connectivity index (χ1) is 8.10. The van der Waals surface area contributed by atoms with Crippen molar-refractivity contribution in [3.8, 4) is 5.75 Å². The summed E-state index contributed by atoms with van der Waals surface area (Å²) in [7, 11) is 3.38. The molecule has 94 valence electrons. The predicted molar refractivity (Wildman–Crippen MR) is 69.5 cm³/mol. The Kier molecular flexibility index (Phi) is 4.82. The van der Waals surface area contributed by atoms with Crippen LogP contribution in [0.25, 0.3) is 0 Å². The van der Waals surface area contributed by atoms with Gasteiger partial charge in [-0.3, -0.25) is 0 Å². The summed E-state index contributed by atoms with van der Waals surface area (Å²) >= 11 is 0. The minimum Gasteiger partial charge on any atom is -0.495 e. The number of carbonyl (C=O) groups is 1. The van der Waals surface area contributed by atoms with Crippen LogP contribution >= 0.6 is 0 Å². The Morgan fingerprint density at radius 1 is 1.47 bits per heavy atom. The van der Waals surface area contributed by atoms with Crippen LogP contribution < -0.4 is 10.1 Å². The van der Waals surface area contributed by atoms with Crippen LogP contribution in [0.1, 0.15) is 20.3 Å². The van der Waals surface area contributed by atoms with E-state index in [2.05, 4.69) is 12.2 Å². The van der Waals surface area contributed by atoms with Gasteiger partial charge in [0.15, 0.2) is 0 Å². The van der Waals surface area contributed by atoms with Crippen LogP contribution in [0, 0.1) is 0 Å². The maximum absolute atomic E-state index is 11.9. The molecule has 0 saturated carbocycles. The minimum absolute atomic E-state index is 0.121. The zero-order valence-corrected chi connectivity index (χ0v) is 10.9. The van der Waals surface area contributed by atoms with Crippen molar-refractivity contribution in [3.05, 3.63) is 24.3 Å². The Bertz CT molecular complexity index is 379. The number of rotatable bonds is 4. The van der Waals surface area contributed by atoms with Gasteiger partial charge in [-0.1, -0.05) is 19.1 Å². The fourth-order valence-corrected chi connectivity index (χ4v) is 1.43. The minimum atomic E-state index is -0.121. The molecule has 4 nitrogen and oxygen atoms in total. The molecule has 1 N–H and O–H groups in total. The van der Waals surface area contributed by atoms with Gasteiger partial charge in [0.25, 0.3) is 0 Å². The summed E-state index contributed by atoms with van der Waals surface area (Å²) in [5.41, 5.74) is 0.690. The molecule has 0 radical (unpaired) electrons. The van der Waals surface area contributed by atoms with E-state index < -0.39 is 0 Å². The average Bonchev–Trinajstić information content (AvgIpc) is 2.37. The maximum Gasteiger partial charge on any atom is 0.321 e. The zero-order chi connectivity index (χ0) is 12.8. The van der Waals surface area contributed by atoms with E-state index in [0.717, 1.165) is 6.42 Å². The number of amides is 2. The van der Waals surface area contributed by atoms with Crippen molar-refractivity contribution >= 4 is 11.7 Å². The largest absolute Gasteiger partial charge is 0.495 e. The number of anilines is 1. The van der Waals surface area contributed by atoms with Crippen molar-refractivity contribution in [2.24, 2.45) is 0 Å². The molecule has 0 aliphatic rings. The van der Waals surface area contributed by atoms with Crippen molar-refractivity contribution in [2.75, 3.05) is 19.5 Å². The number of ether oxygens (including phenoxy) is 1. The number of carbonyl (C=O) groups excluding carboxylic acids is 1. The molecule has 4 heteroatoms. The van der Waals surface area contributed by atoms with E-state index in [-0.39, 0.29) is 12.1 Å². The van der Waals surface area contributed by atoms with Crippen LogP contribution in [-0.2, 0) is 0 Å². The molecule has 2 amide bonds. The van der Waals surface area contributed by atoms with Crippen LogP contribution in [0.2, 0.25) is 0 Å². The SMILES string of the molecule is CC[C@H](C)N(C)C(=O)Nc1ccccc1OC. The molecule has 0 heterocycles. The third-order valence-electron chi connectivity index (χ3n) is 2.92. The van der Waals surface area contributed by atoms with Gasteiger partial charge >= 0.3 is 6.03 Å². The zero-order valence-electron chi connectivity index (χ0n) is 10.9. The molecule has 17 heavy (non-hydrogen) atoms. The molecule has 1 aromatic rings. The lowest BCUT2D eigenvalue weighted by molar-refractivity contribution is 0.206. The standard InChI is InChI=1S/C13H20N2O2/c1-5-10(2)15(3)13(16)14-11-8-6-7-9-12(11)17-4/h6-10H,5H2,1-4H3,(H,14,16)/t10-/m0/s1. The fraction of sp³-hybridized carbons (Fsp3) is 0.462. The Morgan fingerprint density at radius 3 is 2.71 bits per heavy atom. The summed E-state index contributed by atoms with van der Waals surface area (Å²) in [5, 5.41) is 2.84. The van der Waals surface area contributed by atoms with Crippen molar-refractivity contribution in [3.63, 3.8) is 0 Å². The highest BCUT2D eigenvalue weighted by molar-refractivity contribution is 5.90. The van der Waals surface area contributed by atoms with Crippen LogP contribution in [0.3, 0.4) is 0 Å². The van der Waals surface area contributed by atoms with Crippen LogP contribution in [0.4, 0.5) is 10.5 Å². The Labute approximate surface area is 103 Å². The molecule has 0 aromatic heterocycles. The van der Waals surface area contributed by atoms with Crippen LogP contribution in [0.15, 0.2) is 24.3 Å². The second-order valence-electron chi connectivity index (χ2n) is 4.00. The predicted octanol–water partition coefficient (Wildman–Crippen LogP) is 2.96. The summed E-state index contributed by atoms with van der Waals surface area (Å²) in [6.45, 7) is 4.07. The van der Waals surface area contributed by atoms with Crippen LogP contribution in [0.5, 0.6) is 5.75 Å². The normalized spacial score (nSPS) is 11.8. The van der Waals surface area contributed by atoms with Gasteiger partial charge in [0, 0.05) is 13.1 Å². The van der Waals surface area contributed by atoms with Gasteiger partial charge in [-0.2, -0.15) is 0 Å². The molecule has 1 aromatic carbocycles. The van der Waals surface area contributed by atoms with Gasteiger partial charge in [-0.05, 0) is 25.5 Å². The lowest BCUT2D eigenvalue weighted by Crippen LogP contribution is -2.37. The Hall–Kier alpha value is -1.71. The van der Waals surface area contributed by atoms with Gasteiger partial charge in [0.05, 0.1) is 12.8 Å². The molecule has 0 unspecified atom stereocenters. The highest BCUT2D eigenvalue weighted by Gasteiger charge is 2.15. The molecule has 1 atom stereocenters. The monoisotopic (exact) mass is 236 g/mol. The Balaban J connectivity index is 2.74. The molecule has 0 spiro atoms. The van der Waals surface area contributed by atoms with E-state index in [1.54, 1.807) is 19.1 Å². The smallest absolute Gasteiger partial charge is 0.321 e. The highest BCUT2D eigenvalue weighted by Crippen LogP contribution is 2.23. The van der Waals surface area contributed by atoms with Crippen LogP contribution in [-0.4, -0.2) is 31.1 Å². The number of urea groups is 1. The molecule has 0 saturated heterocycles. The van der Waals surface area contributed by atoms with Gasteiger partial charge in [-0.15, -0.1) is 0 Å². The second-order valence-corrected chi connectivity index (χ2v) is 4.00. The van der Waals surface area contributed by atoms with E-state index in [1.807, 2.05) is 31.2 Å². The summed E-state index contributed by atoms with van der Waals surface area (Å²) < 4.78 is 5.18. The van der Waals surface area contributed by atoms with Gasteiger partial charge in [-0.25, -0.2) is 4.79 Å². The first-order valence-corrected chi connectivity index (χ1v) is 5.77.